The lowest BCUT2D eigenvalue weighted by molar-refractivity contribution is 0.329. The van der Waals surface area contributed by atoms with E-state index in [1.807, 2.05) is 6.07 Å². The second-order valence-electron chi connectivity index (χ2n) is 8.52. The molecule has 1 aromatic rings. The van der Waals surface area contributed by atoms with Crippen molar-refractivity contribution in [2.45, 2.75) is 52.9 Å². The molecule has 2 aliphatic carbocycles. The van der Waals surface area contributed by atoms with Crippen molar-refractivity contribution in [2.75, 3.05) is 0 Å². The lowest BCUT2D eigenvalue weighted by Gasteiger charge is -2.23. The molecule has 0 bridgehead atoms. The van der Waals surface area contributed by atoms with Crippen LogP contribution in [-0.2, 0) is 6.42 Å². The summed E-state index contributed by atoms with van der Waals surface area (Å²) in [5.41, 5.74) is 4.78. The van der Waals surface area contributed by atoms with Gasteiger partial charge in [-0.3, -0.25) is 0 Å². The Balaban J connectivity index is 1.55. The molecule has 3 rings (SSSR count). The summed E-state index contributed by atoms with van der Waals surface area (Å²) in [5, 5.41) is 0. The Morgan fingerprint density at radius 1 is 1.26 bits per heavy atom. The van der Waals surface area contributed by atoms with E-state index in [1.54, 1.807) is 0 Å². The Hall–Kier alpha value is -1.74. The third-order valence-corrected chi connectivity index (χ3v) is 5.36. The summed E-state index contributed by atoms with van der Waals surface area (Å²) in [6.07, 6.45) is 19.1. The number of allylic oxidation sites excluding steroid dienone is 4. The van der Waals surface area contributed by atoms with Crippen LogP contribution in [0.5, 0.6) is 0 Å². The van der Waals surface area contributed by atoms with Gasteiger partial charge in [0.05, 0.1) is 0 Å². The Morgan fingerprint density at radius 3 is 2.78 bits per heavy atom. The number of benzene rings is 1. The summed E-state index contributed by atoms with van der Waals surface area (Å²) in [6, 6.07) is 8.38. The van der Waals surface area contributed by atoms with Crippen LogP contribution in [0.2, 0.25) is 0 Å². The Morgan fingerprint density at radius 2 is 2.09 bits per heavy atom. The summed E-state index contributed by atoms with van der Waals surface area (Å²) < 4.78 is 0. The maximum Gasteiger partial charge on any atom is 0.0245 e. The normalized spacial score (nSPS) is 25.5. The van der Waals surface area contributed by atoms with E-state index >= 15 is 0 Å². The number of hydrogen-bond acceptors (Lipinski definition) is 0. The second kappa shape index (κ2) is 6.04. The van der Waals surface area contributed by atoms with Crippen LogP contribution in [0.1, 0.15) is 57.6 Å². The Labute approximate surface area is 141 Å². The van der Waals surface area contributed by atoms with Crippen molar-refractivity contribution >= 4 is 0 Å². The average Bonchev–Trinajstić information content (AvgIpc) is 3.25. The maximum absolute atomic E-state index is 5.48. The molecule has 23 heavy (non-hydrogen) atoms. The molecular formula is C23H28. The molecule has 0 nitrogen and oxygen atoms in total. The van der Waals surface area contributed by atoms with Crippen LogP contribution in [0.4, 0.5) is 0 Å². The van der Waals surface area contributed by atoms with E-state index in [1.165, 1.54) is 30.4 Å². The van der Waals surface area contributed by atoms with Crippen LogP contribution in [0, 0.1) is 29.1 Å². The number of terminal acetylenes is 1. The maximum atomic E-state index is 5.48. The predicted octanol–water partition coefficient (Wildman–Crippen LogP) is 5.93. The van der Waals surface area contributed by atoms with Gasteiger partial charge in [0.2, 0.25) is 0 Å². The van der Waals surface area contributed by atoms with E-state index in [4.69, 9.17) is 6.42 Å². The fourth-order valence-electron chi connectivity index (χ4n) is 3.60. The summed E-state index contributed by atoms with van der Waals surface area (Å²) in [4.78, 5) is 0. The van der Waals surface area contributed by atoms with E-state index < -0.39 is 0 Å². The molecule has 0 amide bonds. The zero-order valence-corrected chi connectivity index (χ0v) is 14.7. The van der Waals surface area contributed by atoms with Gasteiger partial charge in [0, 0.05) is 5.56 Å². The molecule has 0 aliphatic heterocycles. The van der Waals surface area contributed by atoms with Gasteiger partial charge in [0.25, 0.3) is 0 Å². The van der Waals surface area contributed by atoms with Crippen LogP contribution >= 0.6 is 0 Å². The van der Waals surface area contributed by atoms with Gasteiger partial charge < -0.3 is 0 Å². The zero-order chi connectivity index (χ0) is 16.5. The molecule has 2 unspecified atom stereocenters. The van der Waals surface area contributed by atoms with Gasteiger partial charge in [-0.2, -0.15) is 0 Å². The second-order valence-corrected chi connectivity index (χ2v) is 8.52. The van der Waals surface area contributed by atoms with Crippen molar-refractivity contribution in [1.82, 2.24) is 0 Å². The molecule has 0 heterocycles. The number of hydrogen-bond donors (Lipinski definition) is 0. The molecule has 0 spiro atoms. The van der Waals surface area contributed by atoms with Gasteiger partial charge in [-0.25, -0.2) is 0 Å². The highest BCUT2D eigenvalue weighted by Gasteiger charge is 2.51. The molecular weight excluding hydrogens is 276 g/mol. The molecule has 0 N–H and O–H groups in total. The minimum absolute atomic E-state index is 0.446. The predicted molar refractivity (Wildman–Crippen MR) is 99.2 cm³/mol. The highest BCUT2D eigenvalue weighted by Crippen LogP contribution is 2.61. The molecule has 0 aromatic heterocycles. The first-order valence-electron chi connectivity index (χ1n) is 8.86. The molecule has 0 heteroatoms. The molecule has 0 saturated heterocycles. The molecule has 2 aliphatic rings. The Kier molecular flexibility index (Phi) is 4.24. The van der Waals surface area contributed by atoms with Crippen LogP contribution in [0.3, 0.4) is 0 Å². The van der Waals surface area contributed by atoms with Crippen molar-refractivity contribution in [3.8, 4) is 12.3 Å². The van der Waals surface area contributed by atoms with E-state index in [9.17, 15) is 0 Å². The SMILES string of the molecule is C#Cc1cccc(CCC2=CC3CC3(CCC(C)(C)C)C=C2)c1. The summed E-state index contributed by atoms with van der Waals surface area (Å²) >= 11 is 0. The van der Waals surface area contributed by atoms with Crippen LogP contribution < -0.4 is 0 Å². The first kappa shape index (κ1) is 16.1. The topological polar surface area (TPSA) is 0 Å². The summed E-state index contributed by atoms with van der Waals surface area (Å²) in [7, 11) is 0. The smallest absolute Gasteiger partial charge is 0.0245 e. The van der Waals surface area contributed by atoms with Crippen molar-refractivity contribution in [1.29, 1.82) is 0 Å². The third-order valence-electron chi connectivity index (χ3n) is 5.36. The fourth-order valence-corrected chi connectivity index (χ4v) is 3.60. The monoisotopic (exact) mass is 304 g/mol. The standard InChI is InChI=1S/C23H28/c1-5-18-7-6-8-19(15-18)9-10-20-11-12-23(17-21(23)16-20)14-13-22(2,3)4/h1,6-8,11-12,15-16,21H,9-10,13-14,17H2,2-4H3. The van der Waals surface area contributed by atoms with Crippen LogP contribution in [0.15, 0.2) is 48.1 Å². The first-order chi connectivity index (χ1) is 10.9. The Bertz CT molecular complexity index is 675. The van der Waals surface area contributed by atoms with Crippen LogP contribution in [-0.4, -0.2) is 0 Å². The average molecular weight is 304 g/mol. The minimum Gasteiger partial charge on any atom is -0.115 e. The van der Waals surface area contributed by atoms with E-state index in [2.05, 4.69) is 63.1 Å². The number of fused-ring (bicyclic) bond motifs is 1. The van der Waals surface area contributed by atoms with E-state index in [0.717, 1.165) is 24.3 Å². The third kappa shape index (κ3) is 3.97. The van der Waals surface area contributed by atoms with Crippen molar-refractivity contribution in [3.05, 3.63) is 59.2 Å². The molecule has 1 saturated carbocycles. The van der Waals surface area contributed by atoms with Crippen molar-refractivity contribution in [2.24, 2.45) is 16.7 Å². The molecule has 1 fully saturated rings. The first-order valence-corrected chi connectivity index (χ1v) is 8.86. The van der Waals surface area contributed by atoms with Gasteiger partial charge >= 0.3 is 0 Å². The highest BCUT2D eigenvalue weighted by atomic mass is 14.5. The molecule has 120 valence electrons. The van der Waals surface area contributed by atoms with Gasteiger partial charge in [-0.05, 0) is 66.5 Å². The largest absolute Gasteiger partial charge is 0.115 e. The zero-order valence-electron chi connectivity index (χ0n) is 14.7. The van der Waals surface area contributed by atoms with Gasteiger partial charge in [-0.1, -0.05) is 62.6 Å². The van der Waals surface area contributed by atoms with Gasteiger partial charge in [0.15, 0.2) is 0 Å². The van der Waals surface area contributed by atoms with E-state index in [-0.39, 0.29) is 0 Å². The highest BCUT2D eigenvalue weighted by molar-refractivity contribution is 5.38. The number of aryl methyl sites for hydroxylation is 1. The van der Waals surface area contributed by atoms with Crippen molar-refractivity contribution in [3.63, 3.8) is 0 Å². The van der Waals surface area contributed by atoms with Crippen molar-refractivity contribution < 1.29 is 0 Å². The van der Waals surface area contributed by atoms with E-state index in [0.29, 0.717) is 10.8 Å². The summed E-state index contributed by atoms with van der Waals surface area (Å²) in [6.45, 7) is 7.04. The van der Waals surface area contributed by atoms with Crippen LogP contribution in [0.25, 0.3) is 0 Å². The molecule has 2 atom stereocenters. The quantitative estimate of drug-likeness (QED) is 0.591. The minimum atomic E-state index is 0.446. The lowest BCUT2D eigenvalue weighted by Crippen LogP contribution is -2.11. The molecule has 1 aromatic carbocycles. The summed E-state index contributed by atoms with van der Waals surface area (Å²) in [5.74, 6) is 3.51. The molecule has 0 radical (unpaired) electrons. The fraction of sp³-hybridized carbons (Fsp3) is 0.478. The lowest BCUT2D eigenvalue weighted by atomic mass is 9.82. The number of rotatable bonds is 5. The van der Waals surface area contributed by atoms with Gasteiger partial charge in [0.1, 0.15) is 0 Å². The van der Waals surface area contributed by atoms with Gasteiger partial charge in [-0.15, -0.1) is 6.42 Å².